The topological polar surface area (TPSA) is 104 Å². The summed E-state index contributed by atoms with van der Waals surface area (Å²) < 4.78 is 31.7. The van der Waals surface area contributed by atoms with Gasteiger partial charge in [0, 0.05) is 26.7 Å². The number of carboxylic acid groups (broad SMARTS) is 1. The van der Waals surface area contributed by atoms with E-state index in [-0.39, 0.29) is 37.9 Å². The number of aliphatic carboxylic acids is 1. The summed E-state index contributed by atoms with van der Waals surface area (Å²) in [5.41, 5.74) is 0. The van der Waals surface area contributed by atoms with Gasteiger partial charge in [-0.2, -0.15) is 17.0 Å². The highest BCUT2D eigenvalue weighted by molar-refractivity contribution is 7.86. The number of piperidine rings is 1. The molecule has 0 saturated carbocycles. The number of ether oxygens (including phenoxy) is 1. The van der Waals surface area contributed by atoms with E-state index >= 15 is 0 Å². The van der Waals surface area contributed by atoms with Gasteiger partial charge in [0.15, 0.2) is 0 Å². The maximum Gasteiger partial charge on any atom is 0.309 e. The van der Waals surface area contributed by atoms with Crippen molar-refractivity contribution in [2.24, 2.45) is 5.92 Å². The maximum absolute atomic E-state index is 12.2. The fourth-order valence-electron chi connectivity index (χ4n) is 2.15. The first-order valence-electron chi connectivity index (χ1n) is 6.88. The van der Waals surface area contributed by atoms with E-state index < -0.39 is 16.2 Å². The lowest BCUT2D eigenvalue weighted by molar-refractivity contribution is -0.149. The highest BCUT2D eigenvalue weighted by Crippen LogP contribution is 2.22. The van der Waals surface area contributed by atoms with Gasteiger partial charge in [0.25, 0.3) is 10.2 Å². The Morgan fingerprint density at radius 1 is 1.33 bits per heavy atom. The number of carbonyl (C=O) groups excluding carboxylic acids is 1. The van der Waals surface area contributed by atoms with Gasteiger partial charge in [0.05, 0.1) is 18.9 Å². The lowest BCUT2D eigenvalue weighted by Gasteiger charge is -2.32. The molecule has 1 saturated heterocycles. The van der Waals surface area contributed by atoms with Gasteiger partial charge in [-0.15, -0.1) is 0 Å². The molecule has 0 aromatic heterocycles. The molecular formula is C12H22N2O6S. The van der Waals surface area contributed by atoms with Crippen LogP contribution < -0.4 is 0 Å². The average molecular weight is 322 g/mol. The predicted molar refractivity (Wildman–Crippen MR) is 74.7 cm³/mol. The number of carbonyl (C=O) groups is 2. The van der Waals surface area contributed by atoms with Crippen LogP contribution in [0.3, 0.4) is 0 Å². The first-order chi connectivity index (χ1) is 9.78. The average Bonchev–Trinajstić information content (AvgIpc) is 2.45. The zero-order valence-corrected chi connectivity index (χ0v) is 13.1. The quantitative estimate of drug-likeness (QED) is 0.657. The van der Waals surface area contributed by atoms with Crippen LogP contribution in [0, 0.1) is 5.92 Å². The van der Waals surface area contributed by atoms with E-state index in [1.807, 2.05) is 0 Å². The van der Waals surface area contributed by atoms with Crippen LogP contribution in [-0.4, -0.2) is 67.4 Å². The van der Waals surface area contributed by atoms with E-state index in [2.05, 4.69) is 0 Å². The lowest BCUT2D eigenvalue weighted by atomic mass is 9.98. The summed E-state index contributed by atoms with van der Waals surface area (Å²) in [6, 6.07) is 0. The molecule has 1 aliphatic heterocycles. The zero-order chi connectivity index (χ0) is 16.0. The van der Waals surface area contributed by atoms with E-state index in [0.717, 1.165) is 4.31 Å². The molecule has 0 aromatic rings. The molecule has 1 N–H and O–H groups in total. The summed E-state index contributed by atoms with van der Waals surface area (Å²) in [5, 5.41) is 8.60. The Bertz CT molecular complexity index is 470. The molecule has 1 aliphatic rings. The molecule has 0 atom stereocenters. The van der Waals surface area contributed by atoms with Crippen LogP contribution in [0.25, 0.3) is 0 Å². The largest absolute Gasteiger partial charge is 0.481 e. The Labute approximate surface area is 124 Å². The highest BCUT2D eigenvalue weighted by atomic mass is 32.2. The second-order valence-corrected chi connectivity index (χ2v) is 6.93. The molecule has 21 heavy (non-hydrogen) atoms. The molecule has 0 aromatic carbocycles. The van der Waals surface area contributed by atoms with E-state index in [1.54, 1.807) is 6.92 Å². The summed E-state index contributed by atoms with van der Waals surface area (Å²) in [5.74, 6) is -1.59. The minimum Gasteiger partial charge on any atom is -0.481 e. The van der Waals surface area contributed by atoms with Crippen LogP contribution in [0.4, 0.5) is 0 Å². The van der Waals surface area contributed by atoms with Gasteiger partial charge in [0.2, 0.25) is 0 Å². The Morgan fingerprint density at radius 2 is 1.90 bits per heavy atom. The van der Waals surface area contributed by atoms with Crippen molar-refractivity contribution in [2.45, 2.75) is 26.2 Å². The summed E-state index contributed by atoms with van der Waals surface area (Å²) in [6.07, 6.45) is 0.602. The van der Waals surface area contributed by atoms with Crippen molar-refractivity contribution in [3.8, 4) is 0 Å². The van der Waals surface area contributed by atoms with Crippen molar-refractivity contribution in [3.63, 3.8) is 0 Å². The van der Waals surface area contributed by atoms with E-state index in [0.29, 0.717) is 19.4 Å². The second kappa shape index (κ2) is 7.71. The molecule has 0 spiro atoms. The molecule has 0 unspecified atom stereocenters. The molecular weight excluding hydrogens is 300 g/mol. The predicted octanol–water partition coefficient (Wildman–Crippen LogP) is -0.0872. The highest BCUT2D eigenvalue weighted by Gasteiger charge is 2.33. The summed E-state index contributed by atoms with van der Waals surface area (Å²) in [6.45, 7) is 2.45. The molecule has 1 heterocycles. The van der Waals surface area contributed by atoms with E-state index in [9.17, 15) is 18.0 Å². The van der Waals surface area contributed by atoms with Crippen molar-refractivity contribution in [1.29, 1.82) is 0 Å². The number of hydrogen-bond donors (Lipinski definition) is 1. The molecule has 0 bridgehead atoms. The summed E-state index contributed by atoms with van der Waals surface area (Å²) >= 11 is 0. The van der Waals surface area contributed by atoms with Crippen LogP contribution in [0.15, 0.2) is 0 Å². The normalized spacial score (nSPS) is 17.9. The minimum absolute atomic E-state index is 0.0739. The molecule has 1 rings (SSSR count). The summed E-state index contributed by atoms with van der Waals surface area (Å²) in [4.78, 5) is 22.1. The second-order valence-electron chi connectivity index (χ2n) is 4.90. The number of carboxylic acids is 1. The van der Waals surface area contributed by atoms with Crippen molar-refractivity contribution in [1.82, 2.24) is 8.61 Å². The van der Waals surface area contributed by atoms with Crippen molar-refractivity contribution in [3.05, 3.63) is 0 Å². The molecule has 1 fully saturated rings. The van der Waals surface area contributed by atoms with Gasteiger partial charge in [-0.1, -0.05) is 0 Å². The van der Waals surface area contributed by atoms with E-state index in [1.165, 1.54) is 11.4 Å². The maximum atomic E-state index is 12.2. The van der Waals surface area contributed by atoms with Crippen molar-refractivity contribution in [2.75, 3.05) is 33.3 Å². The standard InChI is InChI=1S/C12H22N2O6S/c1-3-20-12(17)10-4-8-14(9-5-10)21(18,19)13(2)7-6-11(15)16/h10H,3-9H2,1-2H3,(H,15,16). The fraction of sp³-hybridized carbons (Fsp3) is 0.833. The third-order valence-electron chi connectivity index (χ3n) is 3.43. The Hall–Kier alpha value is -1.19. The van der Waals surface area contributed by atoms with Gasteiger partial charge in [0.1, 0.15) is 0 Å². The smallest absolute Gasteiger partial charge is 0.309 e. The Balaban J connectivity index is 2.55. The number of rotatable bonds is 7. The lowest BCUT2D eigenvalue weighted by Crippen LogP contribution is -2.47. The van der Waals surface area contributed by atoms with Crippen LogP contribution in [0.1, 0.15) is 26.2 Å². The number of nitrogens with zero attached hydrogens (tertiary/aromatic N) is 2. The molecule has 0 aliphatic carbocycles. The van der Waals surface area contributed by atoms with Crippen LogP contribution >= 0.6 is 0 Å². The monoisotopic (exact) mass is 322 g/mol. The van der Waals surface area contributed by atoms with E-state index in [4.69, 9.17) is 9.84 Å². The third-order valence-corrected chi connectivity index (χ3v) is 5.42. The minimum atomic E-state index is -3.67. The van der Waals surface area contributed by atoms with Gasteiger partial charge < -0.3 is 9.84 Å². The van der Waals surface area contributed by atoms with Gasteiger partial charge in [-0.25, -0.2) is 0 Å². The molecule has 0 amide bonds. The Kier molecular flexibility index (Phi) is 6.56. The van der Waals surface area contributed by atoms with Gasteiger partial charge in [-0.05, 0) is 19.8 Å². The third kappa shape index (κ3) is 4.94. The first-order valence-corrected chi connectivity index (χ1v) is 8.28. The van der Waals surface area contributed by atoms with Gasteiger partial charge in [-0.3, -0.25) is 9.59 Å². The number of hydrogen-bond acceptors (Lipinski definition) is 5. The van der Waals surface area contributed by atoms with Gasteiger partial charge >= 0.3 is 11.9 Å². The molecule has 0 radical (unpaired) electrons. The number of esters is 1. The van der Waals surface area contributed by atoms with Crippen LogP contribution in [-0.2, 0) is 24.5 Å². The van der Waals surface area contributed by atoms with Crippen LogP contribution in [0.2, 0.25) is 0 Å². The zero-order valence-electron chi connectivity index (χ0n) is 12.3. The van der Waals surface area contributed by atoms with Crippen molar-refractivity contribution >= 4 is 22.1 Å². The molecule has 122 valence electrons. The Morgan fingerprint density at radius 3 is 2.38 bits per heavy atom. The SMILES string of the molecule is CCOC(=O)C1CCN(S(=O)(=O)N(C)CCC(=O)O)CC1. The molecule has 8 nitrogen and oxygen atoms in total. The first kappa shape index (κ1) is 17.9. The van der Waals surface area contributed by atoms with Crippen LogP contribution in [0.5, 0.6) is 0 Å². The summed E-state index contributed by atoms with van der Waals surface area (Å²) in [7, 11) is -2.31. The fourth-order valence-corrected chi connectivity index (χ4v) is 3.54. The van der Waals surface area contributed by atoms with Crippen molar-refractivity contribution < 1.29 is 27.9 Å². The molecule has 9 heteroatoms.